The van der Waals surface area contributed by atoms with Crippen LogP contribution in [0, 0.1) is 5.43 Å². The second-order valence-electron chi connectivity index (χ2n) is 0.224. The second-order valence-corrected chi connectivity index (χ2v) is 0.922. The first kappa shape index (κ1) is 9.23. The van der Waals surface area contributed by atoms with Gasteiger partial charge in [-0.15, -0.1) is 0 Å². The molecule has 0 aromatic heterocycles. The van der Waals surface area contributed by atoms with Crippen molar-refractivity contribution in [2.24, 2.45) is 0 Å². The molecular weight excluding hydrogens is 166 g/mol. The molecule has 0 aliphatic carbocycles. The topological polar surface area (TPSA) is 23.8 Å². The first-order valence-electron chi connectivity index (χ1n) is 0.724. The molecule has 4 heavy (non-hydrogen) atoms. The molecule has 0 radical (unpaired) electrons. The van der Waals surface area contributed by atoms with E-state index in [0.29, 0.717) is 49.0 Å². The van der Waals surface area contributed by atoms with Crippen LogP contribution >= 0.6 is 0 Å². The molecule has 0 aromatic rings. The molecule has 0 rings (SSSR count). The van der Waals surface area contributed by atoms with Crippen molar-refractivity contribution in [3.8, 4) is 0.164 Å². The van der Waals surface area contributed by atoms with E-state index in [1.165, 1.54) is 0 Å². The Morgan fingerprint density at radius 1 is 1.75 bits per heavy atom. The maximum absolute atomic E-state index is 7.40. The van der Waals surface area contributed by atoms with Gasteiger partial charge >= 0.3 is 54.4 Å². The number of nitriles is 1. The third-order valence-corrected chi connectivity index (χ3v) is 0. The minimum absolute atomic E-state index is 0. The van der Waals surface area contributed by atoms with Crippen LogP contribution in [-0.2, 0) is 19.5 Å². The monoisotopic (exact) mass is 167 g/mol. The smallest absolute Gasteiger partial charge is 0 e. The summed E-state index contributed by atoms with van der Waals surface area (Å²) in [5.74, 6) is 0. The minimum atomic E-state index is 0. The van der Waals surface area contributed by atoms with Gasteiger partial charge in [0.15, 0.2) is 0 Å². The van der Waals surface area contributed by atoms with E-state index in [-0.39, 0.29) is 19.5 Å². The van der Waals surface area contributed by atoms with E-state index in [4.69, 9.17) is 5.26 Å². The van der Waals surface area contributed by atoms with Crippen LogP contribution in [0.15, 0.2) is 0 Å². The number of hydrogen-bond acceptors (Lipinski definition) is 1. The van der Waals surface area contributed by atoms with E-state index < -0.39 is 0 Å². The van der Waals surface area contributed by atoms with Gasteiger partial charge in [-0.1, -0.05) is 0 Å². The molecule has 0 spiro atoms. The summed E-state index contributed by atoms with van der Waals surface area (Å²) in [7, 11) is 0. The molecule has 0 heterocycles. The van der Waals surface area contributed by atoms with Gasteiger partial charge in [0.25, 0.3) is 0 Å². The predicted molar refractivity (Wildman–Crippen MR) is 11.4 cm³/mol. The Bertz CT molecular complexity index is 29.5. The average molecular weight is 166 g/mol. The van der Waals surface area contributed by atoms with Crippen molar-refractivity contribution < 1.29 is 19.5 Å². The van der Waals surface area contributed by atoms with Crippen molar-refractivity contribution in [2.45, 2.75) is 0 Å². The Labute approximate surface area is 72.1 Å². The van der Waals surface area contributed by atoms with Gasteiger partial charge in [-0.25, -0.2) is 0 Å². The summed E-state index contributed by atoms with van der Waals surface area (Å²) < 4.78 is 1.94. The van der Waals surface area contributed by atoms with E-state index >= 15 is 0 Å². The van der Waals surface area contributed by atoms with Crippen molar-refractivity contribution in [1.82, 2.24) is 0 Å². The van der Waals surface area contributed by atoms with E-state index in [0.717, 1.165) is 0 Å². The molecule has 0 fully saturated rings. The fourth-order valence-electron chi connectivity index (χ4n) is 0. The zero-order valence-electron chi connectivity index (χ0n) is 2.30. The molecule has 0 bridgehead atoms. The minimum Gasteiger partial charge on any atom is 0 e. The molecule has 0 unspecified atom stereocenters. The summed E-state index contributed by atoms with van der Waals surface area (Å²) >= 11 is 0.410. The fourth-order valence-corrected chi connectivity index (χ4v) is 0. The van der Waals surface area contributed by atoms with Crippen LogP contribution in [0.3, 0.4) is 0 Å². The standard InChI is InChI=1S/CN.K.Ru/c1-2;;. The SMILES string of the molecule is N#[C][K].[Ru]. The Morgan fingerprint density at radius 3 is 1.75 bits per heavy atom. The van der Waals surface area contributed by atoms with Crippen LogP contribution in [0.5, 0.6) is 0 Å². The van der Waals surface area contributed by atoms with E-state index in [1.54, 1.807) is 0 Å². The van der Waals surface area contributed by atoms with Crippen molar-refractivity contribution in [2.75, 3.05) is 0 Å². The molecule has 0 saturated carbocycles. The van der Waals surface area contributed by atoms with Crippen LogP contribution in [0.1, 0.15) is 0 Å². The molecule has 3 heteroatoms. The Kier molecular flexibility index (Phi) is 20.4. The number of hydrogen-bond donors (Lipinski definition) is 0. The van der Waals surface area contributed by atoms with Crippen molar-refractivity contribution in [3.05, 3.63) is 0 Å². The summed E-state index contributed by atoms with van der Waals surface area (Å²) in [6.45, 7) is 0. The van der Waals surface area contributed by atoms with Gasteiger partial charge in [0.2, 0.25) is 0 Å². The molecule has 0 aliphatic heterocycles. The molecule has 0 saturated heterocycles. The Balaban J connectivity index is 0. The van der Waals surface area contributed by atoms with Crippen LogP contribution in [0.4, 0.5) is 0 Å². The Hall–Kier alpha value is 1.75. The summed E-state index contributed by atoms with van der Waals surface area (Å²) in [6.07, 6.45) is 0. The van der Waals surface area contributed by atoms with Crippen molar-refractivity contribution in [1.29, 1.82) is 5.26 Å². The largest absolute Gasteiger partial charge is 0 e. The zero-order valence-corrected chi connectivity index (χ0v) is 7.16. The third-order valence-electron chi connectivity index (χ3n) is 0. The van der Waals surface area contributed by atoms with Gasteiger partial charge in [0, 0.05) is 19.5 Å². The number of rotatable bonds is 0. The molecular formula is CKNRu. The zero-order chi connectivity index (χ0) is 2.71. The van der Waals surface area contributed by atoms with Crippen LogP contribution in [0.25, 0.3) is 0 Å². The van der Waals surface area contributed by atoms with Gasteiger partial charge < -0.3 is 0 Å². The van der Waals surface area contributed by atoms with Gasteiger partial charge in [-0.2, -0.15) is 0 Å². The summed E-state index contributed by atoms with van der Waals surface area (Å²) in [4.78, 5) is 0. The van der Waals surface area contributed by atoms with E-state index in [9.17, 15) is 0 Å². The second kappa shape index (κ2) is 8.83. The van der Waals surface area contributed by atoms with Crippen molar-refractivity contribution in [3.63, 3.8) is 0 Å². The van der Waals surface area contributed by atoms with E-state index in [2.05, 4.69) is 0 Å². The van der Waals surface area contributed by atoms with Crippen molar-refractivity contribution >= 4 is 49.0 Å². The first-order chi connectivity index (χ1) is 1.41. The maximum atomic E-state index is 7.40. The van der Waals surface area contributed by atoms with E-state index in [1.807, 2.05) is 0.164 Å². The van der Waals surface area contributed by atoms with Gasteiger partial charge in [-0.05, 0) is 0 Å². The molecule has 18 valence electrons. The molecule has 1 nitrogen and oxygen atoms in total. The van der Waals surface area contributed by atoms with Crippen LogP contribution < -0.4 is 0 Å². The van der Waals surface area contributed by atoms with Gasteiger partial charge in [-0.3, -0.25) is 0 Å². The van der Waals surface area contributed by atoms with Crippen LogP contribution in [0.2, 0.25) is 0 Å². The first-order valence-corrected chi connectivity index (χ1v) is 2.29. The summed E-state index contributed by atoms with van der Waals surface area (Å²) in [5.41, 5.74) is 0. The normalized spacial score (nSPS) is 2.25. The summed E-state index contributed by atoms with van der Waals surface area (Å²) in [6, 6.07) is 0. The molecule has 0 amide bonds. The number of nitrogens with zero attached hydrogens (tertiary/aromatic N) is 1. The van der Waals surface area contributed by atoms with Gasteiger partial charge in [0.1, 0.15) is 0 Å². The van der Waals surface area contributed by atoms with Crippen LogP contribution in [-0.4, -0.2) is 49.0 Å². The third kappa shape index (κ3) is 9.26. The predicted octanol–water partition coefficient (Wildman–Crippen LogP) is -0.367. The maximum Gasteiger partial charge on any atom is 0 e. The molecule has 0 N–H and O–H groups in total. The summed E-state index contributed by atoms with van der Waals surface area (Å²) in [5, 5.41) is 7.40. The fraction of sp³-hybridized carbons (Fsp3) is 0. The Morgan fingerprint density at radius 2 is 1.75 bits per heavy atom. The van der Waals surface area contributed by atoms with Gasteiger partial charge in [0.05, 0.1) is 0 Å². The molecule has 0 aliphatic rings. The quantitative estimate of drug-likeness (QED) is 0.451. The molecule has 0 atom stereocenters. The molecule has 0 aromatic carbocycles. The average Bonchev–Trinajstić information content (AvgIpc) is 0.918.